The van der Waals surface area contributed by atoms with Crippen LogP contribution in [-0.2, 0) is 16.6 Å². The van der Waals surface area contributed by atoms with E-state index >= 15 is 0 Å². The van der Waals surface area contributed by atoms with Gasteiger partial charge < -0.3 is 5.73 Å². The quantitative estimate of drug-likeness (QED) is 0.842. The van der Waals surface area contributed by atoms with Crippen LogP contribution in [0.5, 0.6) is 0 Å². The smallest absolute Gasteiger partial charge is 0.326 e. The van der Waals surface area contributed by atoms with E-state index < -0.39 is 39.5 Å². The monoisotopic (exact) mass is 326 g/mol. The van der Waals surface area contributed by atoms with Crippen LogP contribution in [0.4, 0.5) is 17.6 Å². The van der Waals surface area contributed by atoms with E-state index in [-0.39, 0.29) is 6.54 Å². The molecule has 0 bridgehead atoms. The van der Waals surface area contributed by atoms with Crippen molar-refractivity contribution in [1.82, 2.24) is 4.31 Å². The van der Waals surface area contributed by atoms with Gasteiger partial charge in [0.05, 0.1) is 0 Å². The number of hydrogen-bond acceptors (Lipinski definition) is 3. The highest BCUT2D eigenvalue weighted by Gasteiger charge is 2.45. The number of benzene rings is 1. The molecule has 1 aliphatic rings. The van der Waals surface area contributed by atoms with Crippen LogP contribution in [0.15, 0.2) is 23.1 Å². The second kappa shape index (κ2) is 5.54. The molecule has 0 aromatic heterocycles. The van der Waals surface area contributed by atoms with Crippen LogP contribution in [0.1, 0.15) is 18.4 Å². The highest BCUT2D eigenvalue weighted by molar-refractivity contribution is 7.89. The van der Waals surface area contributed by atoms with E-state index in [1.807, 2.05) is 0 Å². The van der Waals surface area contributed by atoms with E-state index in [1.165, 1.54) is 6.07 Å². The summed E-state index contributed by atoms with van der Waals surface area (Å²) < 4.78 is 76.4. The molecule has 1 saturated carbocycles. The summed E-state index contributed by atoms with van der Waals surface area (Å²) in [6.45, 7) is -1.65. The summed E-state index contributed by atoms with van der Waals surface area (Å²) in [5.41, 5.74) is 5.68. The number of nitrogens with two attached hydrogens (primary N) is 1. The molecule has 21 heavy (non-hydrogen) atoms. The summed E-state index contributed by atoms with van der Waals surface area (Å²) in [4.78, 5) is -0.762. The molecule has 2 rings (SSSR count). The Kier molecular flexibility index (Phi) is 4.27. The van der Waals surface area contributed by atoms with Crippen LogP contribution in [0, 0.1) is 5.82 Å². The zero-order valence-corrected chi connectivity index (χ0v) is 11.7. The van der Waals surface area contributed by atoms with Gasteiger partial charge in [-0.2, -0.15) is 17.5 Å². The maximum absolute atomic E-state index is 13.8. The number of rotatable bonds is 5. The summed E-state index contributed by atoms with van der Waals surface area (Å²) in [7, 11) is -4.55. The topological polar surface area (TPSA) is 63.4 Å². The van der Waals surface area contributed by atoms with Gasteiger partial charge in [0.1, 0.15) is 17.3 Å². The van der Waals surface area contributed by atoms with Gasteiger partial charge in [-0.3, -0.25) is 0 Å². The van der Waals surface area contributed by atoms with E-state index in [9.17, 15) is 26.0 Å². The summed E-state index contributed by atoms with van der Waals surface area (Å²) in [5.74, 6) is -1.08. The Morgan fingerprint density at radius 3 is 2.38 bits per heavy atom. The Morgan fingerprint density at radius 2 is 1.90 bits per heavy atom. The molecule has 1 aliphatic carbocycles. The van der Waals surface area contributed by atoms with Gasteiger partial charge in [-0.15, -0.1) is 0 Å². The number of nitrogens with zero attached hydrogens (tertiary/aromatic N) is 1. The normalized spacial score (nSPS) is 16.5. The molecule has 1 aromatic rings. The van der Waals surface area contributed by atoms with Crippen molar-refractivity contribution in [2.75, 3.05) is 6.54 Å². The van der Waals surface area contributed by atoms with Gasteiger partial charge in [-0.05, 0) is 30.5 Å². The molecule has 0 unspecified atom stereocenters. The Morgan fingerprint density at radius 1 is 1.29 bits per heavy atom. The lowest BCUT2D eigenvalue weighted by Crippen LogP contribution is -2.40. The molecule has 0 heterocycles. The number of sulfonamides is 1. The predicted molar refractivity (Wildman–Crippen MR) is 67.3 cm³/mol. The first-order chi connectivity index (χ1) is 9.65. The van der Waals surface area contributed by atoms with Crippen LogP contribution in [-0.4, -0.2) is 31.5 Å². The van der Waals surface area contributed by atoms with Crippen LogP contribution in [0.3, 0.4) is 0 Å². The Bertz CT molecular complexity index is 627. The van der Waals surface area contributed by atoms with Crippen molar-refractivity contribution in [2.24, 2.45) is 5.73 Å². The highest BCUT2D eigenvalue weighted by Crippen LogP contribution is 2.35. The van der Waals surface area contributed by atoms with Crippen molar-refractivity contribution < 1.29 is 26.0 Å². The van der Waals surface area contributed by atoms with Gasteiger partial charge in [0, 0.05) is 12.6 Å². The minimum absolute atomic E-state index is 0.0362. The zero-order valence-electron chi connectivity index (χ0n) is 10.9. The summed E-state index contributed by atoms with van der Waals surface area (Å²) >= 11 is 0. The lowest BCUT2D eigenvalue weighted by Gasteiger charge is -2.23. The molecule has 2 N–H and O–H groups in total. The second-order valence-corrected chi connectivity index (χ2v) is 6.72. The molecule has 1 aromatic carbocycles. The van der Waals surface area contributed by atoms with Gasteiger partial charge in [0.15, 0.2) is 0 Å². The van der Waals surface area contributed by atoms with Gasteiger partial charge in [0.25, 0.3) is 0 Å². The van der Waals surface area contributed by atoms with Crippen LogP contribution < -0.4 is 5.73 Å². The van der Waals surface area contributed by atoms with Crippen molar-refractivity contribution in [1.29, 1.82) is 0 Å². The second-order valence-electron chi connectivity index (χ2n) is 4.87. The van der Waals surface area contributed by atoms with E-state index in [0.717, 1.165) is 12.1 Å². The van der Waals surface area contributed by atoms with Crippen molar-refractivity contribution in [3.63, 3.8) is 0 Å². The minimum atomic E-state index is -4.68. The molecule has 0 spiro atoms. The summed E-state index contributed by atoms with van der Waals surface area (Å²) in [6.07, 6.45) is -4.00. The van der Waals surface area contributed by atoms with Crippen molar-refractivity contribution in [3.8, 4) is 0 Å². The van der Waals surface area contributed by atoms with Crippen LogP contribution in [0.2, 0.25) is 0 Å². The van der Waals surface area contributed by atoms with Crippen LogP contribution >= 0.6 is 0 Å². The Balaban J connectivity index is 2.43. The first-order valence-corrected chi connectivity index (χ1v) is 7.66. The van der Waals surface area contributed by atoms with Crippen LogP contribution in [0.25, 0.3) is 0 Å². The Hall–Kier alpha value is -1.19. The van der Waals surface area contributed by atoms with E-state index in [1.54, 1.807) is 0 Å². The van der Waals surface area contributed by atoms with Gasteiger partial charge in [-0.25, -0.2) is 12.8 Å². The van der Waals surface area contributed by atoms with Gasteiger partial charge >= 0.3 is 6.18 Å². The van der Waals surface area contributed by atoms with E-state index in [2.05, 4.69) is 0 Å². The lowest BCUT2D eigenvalue weighted by molar-refractivity contribution is -0.137. The SMILES string of the molecule is NCc1ccc(F)c(S(=O)(=O)N(CC(F)(F)F)C2CC2)c1. The standard InChI is InChI=1S/C12H14F4N2O2S/c13-10-4-1-8(6-17)5-11(10)21(19,20)18(9-2-3-9)7-12(14,15)16/h1,4-5,9H,2-3,6-7,17H2. The fraction of sp³-hybridized carbons (Fsp3) is 0.500. The molecule has 118 valence electrons. The highest BCUT2D eigenvalue weighted by atomic mass is 32.2. The summed E-state index contributed by atoms with van der Waals surface area (Å²) in [6, 6.07) is 2.45. The summed E-state index contributed by atoms with van der Waals surface area (Å²) in [5, 5.41) is 0. The molecule has 0 radical (unpaired) electrons. The minimum Gasteiger partial charge on any atom is -0.326 e. The third-order valence-corrected chi connectivity index (χ3v) is 5.02. The van der Waals surface area contributed by atoms with Crippen molar-refractivity contribution >= 4 is 10.0 Å². The molecular formula is C12H14F4N2O2S. The number of alkyl halides is 3. The molecule has 0 atom stereocenters. The molecule has 0 amide bonds. The van der Waals surface area contributed by atoms with E-state index in [0.29, 0.717) is 22.7 Å². The third-order valence-electron chi connectivity index (χ3n) is 3.11. The largest absolute Gasteiger partial charge is 0.402 e. The fourth-order valence-corrected chi connectivity index (χ4v) is 3.74. The molecular weight excluding hydrogens is 312 g/mol. The zero-order chi connectivity index (χ0) is 15.8. The molecule has 1 fully saturated rings. The van der Waals surface area contributed by atoms with Crippen molar-refractivity contribution in [3.05, 3.63) is 29.6 Å². The molecule has 9 heteroatoms. The Labute approximate surface area is 119 Å². The maximum Gasteiger partial charge on any atom is 0.402 e. The maximum atomic E-state index is 13.8. The molecule has 4 nitrogen and oxygen atoms in total. The van der Waals surface area contributed by atoms with Gasteiger partial charge in [0.2, 0.25) is 10.0 Å². The molecule has 0 saturated heterocycles. The fourth-order valence-electron chi connectivity index (χ4n) is 1.95. The average Bonchev–Trinajstić information content (AvgIpc) is 3.19. The first kappa shape index (κ1) is 16.2. The third kappa shape index (κ3) is 3.72. The average molecular weight is 326 g/mol. The molecule has 0 aliphatic heterocycles. The first-order valence-electron chi connectivity index (χ1n) is 6.22. The number of halogens is 4. The number of hydrogen-bond donors (Lipinski definition) is 1. The van der Waals surface area contributed by atoms with Gasteiger partial charge in [-0.1, -0.05) is 6.07 Å². The van der Waals surface area contributed by atoms with E-state index in [4.69, 9.17) is 5.73 Å². The van der Waals surface area contributed by atoms with Crippen molar-refractivity contribution in [2.45, 2.75) is 36.5 Å². The predicted octanol–water partition coefficient (Wildman–Crippen LogP) is 2.00. The lowest BCUT2D eigenvalue weighted by atomic mass is 10.2.